The van der Waals surface area contributed by atoms with Crippen LogP contribution in [0.25, 0.3) is 23.0 Å². The molecule has 0 saturated carbocycles. The van der Waals surface area contributed by atoms with E-state index in [0.29, 0.717) is 0 Å². The number of likely N-dealkylation sites (N-methyl/N-ethyl adjacent to an activating group) is 1. The first-order valence-electron chi connectivity index (χ1n) is 10.4. The van der Waals surface area contributed by atoms with Gasteiger partial charge in [0.05, 0.1) is 0 Å². The normalized spacial score (nSPS) is 16.5. The highest BCUT2D eigenvalue weighted by Crippen LogP contribution is 2.46. The molecule has 5 heteroatoms. The number of aromatic nitrogens is 3. The van der Waals surface area contributed by atoms with Gasteiger partial charge in [0.25, 0.3) is 0 Å². The lowest BCUT2D eigenvalue weighted by Gasteiger charge is -2.23. The molecule has 31 heavy (non-hydrogen) atoms. The maximum atomic E-state index is 4.92. The Kier molecular flexibility index (Phi) is 4.71. The number of hydrogen-bond donors (Lipinski definition) is 0. The summed E-state index contributed by atoms with van der Waals surface area (Å²) in [6, 6.07) is 21.0. The standard InChI is InChI=1S/C26H25N4S/c1-18-17-21(19-11-6-5-7-12-19)27-25-23(31-28-30(18)25)15-10-16-24-26(2,3)20-13-8-9-14-22(20)29(24)4/h5-17H,1-4H3/q+1. The zero-order valence-electron chi connectivity index (χ0n) is 18.2. The topological polar surface area (TPSA) is 33.1 Å². The van der Waals surface area contributed by atoms with Gasteiger partial charge < -0.3 is 4.90 Å². The van der Waals surface area contributed by atoms with Gasteiger partial charge in [-0.2, -0.15) is 0 Å². The summed E-state index contributed by atoms with van der Waals surface area (Å²) >= 11 is 1.47. The summed E-state index contributed by atoms with van der Waals surface area (Å²) in [6.07, 6.45) is 6.46. The highest BCUT2D eigenvalue weighted by Gasteiger charge is 2.37. The monoisotopic (exact) mass is 425 g/mol. The lowest BCUT2D eigenvalue weighted by molar-refractivity contribution is -0.580. The fraction of sp³-hybridized carbons (Fsp3) is 0.192. The number of nitrogens with zero attached hydrogens (tertiary/aromatic N) is 4. The fourth-order valence-corrected chi connectivity index (χ4v) is 5.13. The summed E-state index contributed by atoms with van der Waals surface area (Å²) in [5, 5.41) is 0. The second kappa shape index (κ2) is 7.43. The highest BCUT2D eigenvalue weighted by molar-refractivity contribution is 7.06. The predicted octanol–water partition coefficient (Wildman–Crippen LogP) is 5.58. The summed E-state index contributed by atoms with van der Waals surface area (Å²) in [5.41, 5.74) is 7.93. The fourth-order valence-electron chi connectivity index (χ4n) is 4.40. The van der Waals surface area contributed by atoms with E-state index in [-0.39, 0.29) is 5.41 Å². The van der Waals surface area contributed by atoms with Gasteiger partial charge in [0.1, 0.15) is 10.6 Å². The Bertz CT molecular complexity index is 1330. The molecule has 3 heterocycles. The molecule has 2 aromatic heterocycles. The molecule has 0 spiro atoms. The van der Waals surface area contributed by atoms with Crippen LogP contribution in [0.1, 0.15) is 30.0 Å². The van der Waals surface area contributed by atoms with Crippen molar-refractivity contribution < 1.29 is 4.52 Å². The van der Waals surface area contributed by atoms with Crippen LogP contribution < -0.4 is 9.42 Å². The van der Waals surface area contributed by atoms with Gasteiger partial charge in [-0.05, 0) is 33.3 Å². The maximum absolute atomic E-state index is 4.92. The number of allylic oxidation sites excluding steroid dienone is 3. The van der Waals surface area contributed by atoms with Crippen molar-refractivity contribution in [1.82, 2.24) is 9.47 Å². The van der Waals surface area contributed by atoms with Crippen LogP contribution in [0, 0.1) is 6.92 Å². The Morgan fingerprint density at radius 1 is 1.03 bits per heavy atom. The van der Waals surface area contributed by atoms with Crippen LogP contribution in [-0.4, -0.2) is 16.5 Å². The third kappa shape index (κ3) is 3.26. The molecule has 0 saturated heterocycles. The molecule has 1 aliphatic rings. The van der Waals surface area contributed by atoms with Crippen molar-refractivity contribution in [3.05, 3.63) is 94.6 Å². The van der Waals surface area contributed by atoms with Crippen LogP contribution in [0.15, 0.2) is 78.5 Å². The van der Waals surface area contributed by atoms with E-state index >= 15 is 0 Å². The number of para-hydroxylation sites is 1. The second-order valence-corrected chi connectivity index (χ2v) is 9.22. The minimum atomic E-state index is -0.0322. The van der Waals surface area contributed by atoms with Crippen molar-refractivity contribution in [1.29, 1.82) is 0 Å². The lowest BCUT2D eigenvalue weighted by Crippen LogP contribution is -2.28. The van der Waals surface area contributed by atoms with Crippen LogP contribution in [-0.2, 0) is 5.41 Å². The van der Waals surface area contributed by atoms with Crippen molar-refractivity contribution in [2.75, 3.05) is 11.9 Å². The number of benzene rings is 2. The van der Waals surface area contributed by atoms with E-state index in [1.165, 1.54) is 28.5 Å². The maximum Gasteiger partial charge on any atom is 0.368 e. The van der Waals surface area contributed by atoms with E-state index in [1.54, 1.807) is 0 Å². The summed E-state index contributed by atoms with van der Waals surface area (Å²) in [4.78, 5) is 8.26. The molecule has 0 unspecified atom stereocenters. The molecule has 0 amide bonds. The smallest absolute Gasteiger partial charge is 0.347 e. The van der Waals surface area contributed by atoms with Crippen molar-refractivity contribution >= 4 is 28.9 Å². The Morgan fingerprint density at radius 3 is 2.55 bits per heavy atom. The third-order valence-electron chi connectivity index (χ3n) is 6.06. The van der Waals surface area contributed by atoms with Crippen LogP contribution >= 0.6 is 11.5 Å². The van der Waals surface area contributed by atoms with Crippen molar-refractivity contribution in [2.24, 2.45) is 0 Å². The molecule has 4 aromatic rings. The third-order valence-corrected chi connectivity index (χ3v) is 6.82. The van der Waals surface area contributed by atoms with Crippen LogP contribution in [0.3, 0.4) is 0 Å². The molecular weight excluding hydrogens is 400 g/mol. The first kappa shape index (κ1) is 19.6. The van der Waals surface area contributed by atoms with Gasteiger partial charge in [-0.3, -0.25) is 0 Å². The predicted molar refractivity (Wildman–Crippen MR) is 128 cm³/mol. The Labute approximate surface area is 187 Å². The zero-order valence-corrected chi connectivity index (χ0v) is 19.0. The van der Waals surface area contributed by atoms with Gasteiger partial charge in [0, 0.05) is 53.9 Å². The summed E-state index contributed by atoms with van der Waals surface area (Å²) in [7, 11) is 2.14. The van der Waals surface area contributed by atoms with Gasteiger partial charge in [-0.1, -0.05) is 73.0 Å². The number of rotatable bonds is 3. The average Bonchev–Trinajstić information content (AvgIpc) is 3.27. The Balaban J connectivity index is 1.52. The van der Waals surface area contributed by atoms with Crippen molar-refractivity contribution in [3.63, 3.8) is 0 Å². The number of hydrogen-bond acceptors (Lipinski definition) is 4. The minimum absolute atomic E-state index is 0.0322. The Hall–Kier alpha value is -3.31. The lowest BCUT2D eigenvalue weighted by atomic mass is 9.84. The molecule has 0 radical (unpaired) electrons. The number of fused-ring (bicyclic) bond motifs is 2. The molecule has 2 aromatic carbocycles. The van der Waals surface area contributed by atoms with Gasteiger partial charge >= 0.3 is 5.65 Å². The largest absolute Gasteiger partial charge is 0.368 e. The van der Waals surface area contributed by atoms with Crippen molar-refractivity contribution in [2.45, 2.75) is 26.2 Å². The molecule has 4 nitrogen and oxygen atoms in total. The Morgan fingerprint density at radius 2 is 1.77 bits per heavy atom. The molecule has 0 fully saturated rings. The first-order chi connectivity index (χ1) is 15.0. The molecule has 5 rings (SSSR count). The molecule has 0 atom stereocenters. The molecule has 0 N–H and O–H groups in total. The summed E-state index contributed by atoms with van der Waals surface area (Å²) < 4.78 is 6.51. The van der Waals surface area contributed by atoms with E-state index in [0.717, 1.165) is 27.5 Å². The SMILES string of the molecule is Cc1cc(-c2ccccc2)nc2c(C=CC=C3N(C)c4ccccc4C3(C)C)sn[n+]12. The molecule has 0 bridgehead atoms. The first-order valence-corrected chi connectivity index (χ1v) is 11.2. The molecule has 0 aliphatic carbocycles. The van der Waals surface area contributed by atoms with E-state index in [1.807, 2.05) is 22.7 Å². The van der Waals surface area contributed by atoms with E-state index < -0.39 is 0 Å². The number of anilines is 1. The minimum Gasteiger partial charge on any atom is -0.347 e. The van der Waals surface area contributed by atoms with Crippen molar-refractivity contribution in [3.8, 4) is 11.3 Å². The van der Waals surface area contributed by atoms with Crippen LogP contribution in [0.2, 0.25) is 0 Å². The van der Waals surface area contributed by atoms with Gasteiger partial charge in [-0.25, -0.2) is 0 Å². The summed E-state index contributed by atoms with van der Waals surface area (Å²) in [6.45, 7) is 6.64. The second-order valence-electron chi connectivity index (χ2n) is 8.43. The van der Waals surface area contributed by atoms with Crippen LogP contribution in [0.4, 0.5) is 5.69 Å². The summed E-state index contributed by atoms with van der Waals surface area (Å²) in [5.74, 6) is 0. The molecule has 1 aliphatic heterocycles. The van der Waals surface area contributed by atoms with Gasteiger partial charge in [-0.15, -0.1) is 0 Å². The quantitative estimate of drug-likeness (QED) is 0.402. The van der Waals surface area contributed by atoms with Crippen LogP contribution in [0.5, 0.6) is 0 Å². The zero-order chi connectivity index (χ0) is 21.6. The molecular formula is C26H25N4S+. The van der Waals surface area contributed by atoms with E-state index in [2.05, 4.69) is 97.9 Å². The average molecular weight is 426 g/mol. The van der Waals surface area contributed by atoms with Gasteiger partial charge in [0.15, 0.2) is 5.69 Å². The van der Waals surface area contributed by atoms with E-state index in [4.69, 9.17) is 4.98 Å². The van der Waals surface area contributed by atoms with Gasteiger partial charge in [0.2, 0.25) is 0 Å². The number of aryl methyl sites for hydroxylation is 1. The molecule has 154 valence electrons. The highest BCUT2D eigenvalue weighted by atomic mass is 32.1. The van der Waals surface area contributed by atoms with E-state index in [9.17, 15) is 0 Å².